The van der Waals surface area contributed by atoms with Crippen LogP contribution in [0.5, 0.6) is 0 Å². The van der Waals surface area contributed by atoms with Crippen LogP contribution in [0.4, 0.5) is 4.39 Å². The molecule has 0 aromatic carbocycles. The standard InChI is InChI=1S/C15H15FO2/c16-14-11-17-15(18-14,12-7-3-1-4-8-12)13-9-5-2-6-10-13/h1,3,5,7,9-11H,2,4,6,8H2. The zero-order valence-corrected chi connectivity index (χ0v) is 10.1. The summed E-state index contributed by atoms with van der Waals surface area (Å²) in [5.41, 5.74) is 1.85. The highest BCUT2D eigenvalue weighted by Crippen LogP contribution is 2.43. The Morgan fingerprint density at radius 2 is 2.11 bits per heavy atom. The molecule has 0 fully saturated rings. The number of rotatable bonds is 2. The summed E-state index contributed by atoms with van der Waals surface area (Å²) < 4.78 is 24.3. The van der Waals surface area contributed by atoms with E-state index in [4.69, 9.17) is 9.47 Å². The van der Waals surface area contributed by atoms with E-state index in [0.29, 0.717) is 0 Å². The zero-order valence-electron chi connectivity index (χ0n) is 10.1. The number of hydrogen-bond donors (Lipinski definition) is 0. The molecule has 0 spiro atoms. The van der Waals surface area contributed by atoms with Crippen LogP contribution >= 0.6 is 0 Å². The predicted molar refractivity (Wildman–Crippen MR) is 67.0 cm³/mol. The molecular weight excluding hydrogens is 231 g/mol. The minimum atomic E-state index is -1.08. The van der Waals surface area contributed by atoms with Gasteiger partial charge in [-0.05, 0) is 25.7 Å². The first-order valence-corrected chi connectivity index (χ1v) is 6.27. The number of hydrogen-bond acceptors (Lipinski definition) is 2. The first-order chi connectivity index (χ1) is 8.81. The monoisotopic (exact) mass is 246 g/mol. The fourth-order valence-electron chi connectivity index (χ4n) is 2.50. The van der Waals surface area contributed by atoms with Gasteiger partial charge in [0.2, 0.25) is 0 Å². The van der Waals surface area contributed by atoms with Crippen molar-refractivity contribution in [2.24, 2.45) is 0 Å². The van der Waals surface area contributed by atoms with E-state index >= 15 is 0 Å². The minimum Gasteiger partial charge on any atom is -0.446 e. The van der Waals surface area contributed by atoms with Gasteiger partial charge in [0.1, 0.15) is 0 Å². The highest BCUT2D eigenvalue weighted by atomic mass is 19.1. The molecule has 2 aliphatic carbocycles. The number of ether oxygens (including phenoxy) is 2. The Kier molecular flexibility index (Phi) is 2.82. The van der Waals surface area contributed by atoms with Gasteiger partial charge in [-0.25, -0.2) is 0 Å². The van der Waals surface area contributed by atoms with Gasteiger partial charge < -0.3 is 9.47 Å². The third-order valence-corrected chi connectivity index (χ3v) is 3.37. The highest BCUT2D eigenvalue weighted by Gasteiger charge is 2.46. The Labute approximate surface area is 106 Å². The van der Waals surface area contributed by atoms with Crippen molar-refractivity contribution in [2.45, 2.75) is 31.5 Å². The lowest BCUT2D eigenvalue weighted by Crippen LogP contribution is -2.35. The topological polar surface area (TPSA) is 18.5 Å². The molecule has 1 aliphatic heterocycles. The van der Waals surface area contributed by atoms with Crippen molar-refractivity contribution >= 4 is 0 Å². The van der Waals surface area contributed by atoms with Crippen LogP contribution in [0.15, 0.2) is 59.9 Å². The van der Waals surface area contributed by atoms with E-state index in [-0.39, 0.29) is 0 Å². The normalized spacial score (nSPS) is 30.2. The SMILES string of the molecule is FC1=COC(C2=CCCC=C2)(C2=CC=CCC2)O1. The zero-order chi connectivity index (χ0) is 12.4. The average Bonchev–Trinajstić information content (AvgIpc) is 2.84. The molecular formula is C15H15FO2. The maximum absolute atomic E-state index is 13.3. The minimum absolute atomic E-state index is 0.662. The fraction of sp³-hybridized carbons (Fsp3) is 0.333. The Bertz CT molecular complexity index is 497. The first kappa shape index (κ1) is 11.3. The lowest BCUT2D eigenvalue weighted by atomic mass is 9.88. The molecule has 0 saturated carbocycles. The Hall–Kier alpha value is -1.77. The van der Waals surface area contributed by atoms with Crippen molar-refractivity contribution in [3.8, 4) is 0 Å². The second-order valence-corrected chi connectivity index (χ2v) is 4.56. The molecule has 0 saturated heterocycles. The molecule has 3 rings (SSSR count). The van der Waals surface area contributed by atoms with Crippen LogP contribution in [0.2, 0.25) is 0 Å². The molecule has 2 nitrogen and oxygen atoms in total. The fourth-order valence-corrected chi connectivity index (χ4v) is 2.50. The molecule has 3 heteroatoms. The van der Waals surface area contributed by atoms with Crippen molar-refractivity contribution in [1.82, 2.24) is 0 Å². The largest absolute Gasteiger partial charge is 0.446 e. The first-order valence-electron chi connectivity index (χ1n) is 6.27. The highest BCUT2D eigenvalue weighted by molar-refractivity contribution is 5.42. The van der Waals surface area contributed by atoms with Gasteiger partial charge in [0.15, 0.2) is 6.26 Å². The van der Waals surface area contributed by atoms with Crippen molar-refractivity contribution in [3.63, 3.8) is 0 Å². The molecule has 1 heterocycles. The molecule has 18 heavy (non-hydrogen) atoms. The van der Waals surface area contributed by atoms with Crippen LogP contribution in [0, 0.1) is 0 Å². The molecule has 1 atom stereocenters. The van der Waals surface area contributed by atoms with Gasteiger partial charge in [0, 0.05) is 11.1 Å². The third kappa shape index (κ3) is 1.80. The van der Waals surface area contributed by atoms with Gasteiger partial charge in [-0.1, -0.05) is 36.5 Å². The number of halogens is 1. The van der Waals surface area contributed by atoms with Gasteiger partial charge in [-0.2, -0.15) is 4.39 Å². The van der Waals surface area contributed by atoms with Gasteiger partial charge in [0.25, 0.3) is 0 Å². The van der Waals surface area contributed by atoms with Crippen LogP contribution in [0.3, 0.4) is 0 Å². The summed E-state index contributed by atoms with van der Waals surface area (Å²) in [7, 11) is 0. The van der Waals surface area contributed by atoms with Crippen LogP contribution in [0.25, 0.3) is 0 Å². The third-order valence-electron chi connectivity index (χ3n) is 3.37. The summed E-state index contributed by atoms with van der Waals surface area (Å²) in [5.74, 6) is -1.08. The Morgan fingerprint density at radius 1 is 1.17 bits per heavy atom. The quantitative estimate of drug-likeness (QED) is 0.731. The summed E-state index contributed by atoms with van der Waals surface area (Å²) in [6.07, 6.45) is 16.9. The van der Waals surface area contributed by atoms with E-state index in [0.717, 1.165) is 43.1 Å². The Morgan fingerprint density at radius 3 is 2.72 bits per heavy atom. The molecule has 94 valence electrons. The maximum atomic E-state index is 13.3. The van der Waals surface area contributed by atoms with Crippen molar-refractivity contribution in [3.05, 3.63) is 59.9 Å². The van der Waals surface area contributed by atoms with Crippen molar-refractivity contribution in [1.29, 1.82) is 0 Å². The number of allylic oxidation sites excluding steroid dienone is 5. The van der Waals surface area contributed by atoms with E-state index in [1.165, 1.54) is 0 Å². The molecule has 3 aliphatic rings. The van der Waals surface area contributed by atoms with E-state index < -0.39 is 11.8 Å². The van der Waals surface area contributed by atoms with Crippen LogP contribution < -0.4 is 0 Å². The Balaban J connectivity index is 1.99. The van der Waals surface area contributed by atoms with E-state index in [2.05, 4.69) is 18.2 Å². The molecule has 0 aromatic heterocycles. The van der Waals surface area contributed by atoms with Gasteiger partial charge in [-0.15, -0.1) is 0 Å². The van der Waals surface area contributed by atoms with Crippen LogP contribution in [0.1, 0.15) is 25.7 Å². The summed E-state index contributed by atoms with van der Waals surface area (Å²) in [4.78, 5) is 0. The van der Waals surface area contributed by atoms with Gasteiger partial charge in [-0.3, -0.25) is 0 Å². The molecule has 1 unspecified atom stereocenters. The molecule has 0 N–H and O–H groups in total. The van der Waals surface area contributed by atoms with Gasteiger partial charge in [0.05, 0.1) is 0 Å². The summed E-state index contributed by atoms with van der Waals surface area (Å²) in [6, 6.07) is -0.662. The van der Waals surface area contributed by atoms with Crippen molar-refractivity contribution < 1.29 is 13.9 Å². The molecule has 0 aromatic rings. The van der Waals surface area contributed by atoms with E-state index in [1.807, 2.05) is 18.2 Å². The molecule has 0 amide bonds. The summed E-state index contributed by atoms with van der Waals surface area (Å²) in [5, 5.41) is 0. The smallest absolute Gasteiger partial charge is 0.311 e. The van der Waals surface area contributed by atoms with Gasteiger partial charge >= 0.3 is 11.8 Å². The lowest BCUT2D eigenvalue weighted by Gasteiger charge is -2.32. The molecule has 0 radical (unpaired) electrons. The second-order valence-electron chi connectivity index (χ2n) is 4.56. The second kappa shape index (κ2) is 4.48. The predicted octanol–water partition coefficient (Wildman–Crippen LogP) is 4.05. The summed E-state index contributed by atoms with van der Waals surface area (Å²) in [6.45, 7) is 0. The summed E-state index contributed by atoms with van der Waals surface area (Å²) >= 11 is 0. The van der Waals surface area contributed by atoms with Crippen LogP contribution in [-0.4, -0.2) is 5.79 Å². The van der Waals surface area contributed by atoms with E-state index in [1.54, 1.807) is 0 Å². The average molecular weight is 246 g/mol. The molecule has 0 bridgehead atoms. The lowest BCUT2D eigenvalue weighted by molar-refractivity contribution is -0.0957. The van der Waals surface area contributed by atoms with Crippen LogP contribution in [-0.2, 0) is 9.47 Å². The van der Waals surface area contributed by atoms with E-state index in [9.17, 15) is 4.39 Å². The maximum Gasteiger partial charge on any atom is 0.311 e. The van der Waals surface area contributed by atoms with Crippen molar-refractivity contribution in [2.75, 3.05) is 0 Å².